The van der Waals surface area contributed by atoms with Gasteiger partial charge in [-0.25, -0.2) is 4.79 Å². The van der Waals surface area contributed by atoms with Crippen molar-refractivity contribution in [3.05, 3.63) is 0 Å². The van der Waals surface area contributed by atoms with Crippen LogP contribution in [-0.2, 0) is 9.53 Å². The molecule has 18 heavy (non-hydrogen) atoms. The summed E-state index contributed by atoms with van der Waals surface area (Å²) in [4.78, 5) is 22.5. The number of carboxylic acids is 1. The summed E-state index contributed by atoms with van der Waals surface area (Å²) in [5.74, 6) is -1.29. The SMILES string of the molecule is CC(C)(C)OC(=O)NC[C@@H]1CNCC[C@@H]1C(=O)O. The molecule has 1 fully saturated rings. The third kappa shape index (κ3) is 4.91. The first-order chi connectivity index (χ1) is 8.29. The molecule has 1 rings (SSSR count). The molecule has 0 unspecified atom stereocenters. The first kappa shape index (κ1) is 14.8. The van der Waals surface area contributed by atoms with E-state index in [-0.39, 0.29) is 5.92 Å². The lowest BCUT2D eigenvalue weighted by Crippen LogP contribution is -2.46. The minimum Gasteiger partial charge on any atom is -0.481 e. The summed E-state index contributed by atoms with van der Waals surface area (Å²) in [5, 5.41) is 14.9. The first-order valence-electron chi connectivity index (χ1n) is 6.20. The van der Waals surface area contributed by atoms with E-state index in [1.54, 1.807) is 20.8 Å². The lowest BCUT2D eigenvalue weighted by molar-refractivity contribution is -0.144. The van der Waals surface area contributed by atoms with Crippen LogP contribution < -0.4 is 10.6 Å². The average molecular weight is 258 g/mol. The summed E-state index contributed by atoms with van der Waals surface area (Å²) in [6.45, 7) is 6.99. The molecule has 0 bridgehead atoms. The maximum Gasteiger partial charge on any atom is 0.407 e. The number of alkyl carbamates (subject to hydrolysis) is 1. The molecule has 1 aliphatic rings. The largest absolute Gasteiger partial charge is 0.481 e. The van der Waals surface area contributed by atoms with Gasteiger partial charge in [0.15, 0.2) is 0 Å². The van der Waals surface area contributed by atoms with Gasteiger partial charge in [0, 0.05) is 19.0 Å². The van der Waals surface area contributed by atoms with Gasteiger partial charge in [-0.2, -0.15) is 0 Å². The van der Waals surface area contributed by atoms with Gasteiger partial charge in [0.05, 0.1) is 5.92 Å². The number of aliphatic carboxylic acids is 1. The van der Waals surface area contributed by atoms with Gasteiger partial charge in [-0.05, 0) is 33.7 Å². The zero-order valence-electron chi connectivity index (χ0n) is 11.2. The second-order valence-corrected chi connectivity index (χ2v) is 5.58. The average Bonchev–Trinajstić information content (AvgIpc) is 2.24. The van der Waals surface area contributed by atoms with E-state index in [2.05, 4.69) is 10.6 Å². The van der Waals surface area contributed by atoms with Crippen LogP contribution in [0.3, 0.4) is 0 Å². The number of carbonyl (C=O) groups excluding carboxylic acids is 1. The van der Waals surface area contributed by atoms with E-state index in [1.807, 2.05) is 0 Å². The molecule has 0 spiro atoms. The fourth-order valence-corrected chi connectivity index (χ4v) is 1.99. The molecule has 1 aliphatic heterocycles. The fraction of sp³-hybridized carbons (Fsp3) is 0.833. The van der Waals surface area contributed by atoms with Crippen LogP contribution in [0.25, 0.3) is 0 Å². The summed E-state index contributed by atoms with van der Waals surface area (Å²) in [7, 11) is 0. The van der Waals surface area contributed by atoms with Crippen LogP contribution >= 0.6 is 0 Å². The third-order valence-corrected chi connectivity index (χ3v) is 2.83. The highest BCUT2D eigenvalue weighted by atomic mass is 16.6. The van der Waals surface area contributed by atoms with E-state index in [4.69, 9.17) is 9.84 Å². The predicted octanol–water partition coefficient (Wildman–Crippen LogP) is 0.821. The molecule has 0 aromatic carbocycles. The van der Waals surface area contributed by atoms with Crippen LogP contribution in [0, 0.1) is 11.8 Å². The lowest BCUT2D eigenvalue weighted by Gasteiger charge is -2.29. The second-order valence-electron chi connectivity index (χ2n) is 5.58. The summed E-state index contributed by atoms with van der Waals surface area (Å²) in [6.07, 6.45) is 0.0907. The summed E-state index contributed by atoms with van der Waals surface area (Å²) >= 11 is 0. The Morgan fingerprint density at radius 1 is 1.44 bits per heavy atom. The highest BCUT2D eigenvalue weighted by Gasteiger charge is 2.31. The molecule has 1 saturated heterocycles. The maximum absolute atomic E-state index is 11.5. The number of carboxylic acid groups (broad SMARTS) is 1. The van der Waals surface area contributed by atoms with Crippen LogP contribution in [0.2, 0.25) is 0 Å². The van der Waals surface area contributed by atoms with Crippen molar-refractivity contribution in [3.8, 4) is 0 Å². The maximum atomic E-state index is 11.5. The Labute approximate surface area is 107 Å². The van der Waals surface area contributed by atoms with Crippen LogP contribution in [0.5, 0.6) is 0 Å². The van der Waals surface area contributed by atoms with Crippen LogP contribution in [0.1, 0.15) is 27.2 Å². The second kappa shape index (κ2) is 6.04. The highest BCUT2D eigenvalue weighted by Crippen LogP contribution is 2.19. The van der Waals surface area contributed by atoms with Crippen LogP contribution in [-0.4, -0.2) is 42.4 Å². The fourth-order valence-electron chi connectivity index (χ4n) is 1.99. The van der Waals surface area contributed by atoms with Crippen LogP contribution in [0.4, 0.5) is 4.79 Å². The smallest absolute Gasteiger partial charge is 0.407 e. The van der Waals surface area contributed by atoms with Crippen molar-refractivity contribution < 1.29 is 19.4 Å². The van der Waals surface area contributed by atoms with Crippen molar-refractivity contribution in [2.24, 2.45) is 11.8 Å². The minimum atomic E-state index is -0.799. The molecule has 0 saturated carbocycles. The quantitative estimate of drug-likeness (QED) is 0.697. The normalized spacial score (nSPS) is 24.4. The molecule has 1 amide bonds. The van der Waals surface area contributed by atoms with E-state index in [0.717, 1.165) is 0 Å². The van der Waals surface area contributed by atoms with Gasteiger partial charge in [-0.1, -0.05) is 0 Å². The molecule has 0 aliphatic carbocycles. The van der Waals surface area contributed by atoms with Crippen molar-refractivity contribution in [1.29, 1.82) is 0 Å². The van der Waals surface area contributed by atoms with Crippen molar-refractivity contribution in [1.82, 2.24) is 10.6 Å². The standard InChI is InChI=1S/C12H22N2O4/c1-12(2,3)18-11(17)14-7-8-6-13-5-4-9(8)10(15)16/h8-9,13H,4-7H2,1-3H3,(H,14,17)(H,15,16)/t8-,9-/m0/s1. The van der Waals surface area contributed by atoms with E-state index in [0.29, 0.717) is 26.1 Å². The van der Waals surface area contributed by atoms with Gasteiger partial charge in [0.1, 0.15) is 5.60 Å². The molecule has 0 aromatic rings. The van der Waals surface area contributed by atoms with Gasteiger partial charge in [0.25, 0.3) is 0 Å². The topological polar surface area (TPSA) is 87.7 Å². The van der Waals surface area contributed by atoms with E-state index < -0.39 is 23.6 Å². The number of piperidine rings is 1. The molecule has 1 heterocycles. The summed E-state index contributed by atoms with van der Waals surface area (Å²) in [6, 6.07) is 0. The van der Waals surface area contributed by atoms with Crippen molar-refractivity contribution in [2.45, 2.75) is 32.8 Å². The number of rotatable bonds is 3. The van der Waals surface area contributed by atoms with Gasteiger partial charge in [-0.15, -0.1) is 0 Å². The number of hydrogen-bond donors (Lipinski definition) is 3. The molecule has 6 nitrogen and oxygen atoms in total. The lowest BCUT2D eigenvalue weighted by atomic mass is 9.86. The minimum absolute atomic E-state index is 0.0937. The molecule has 2 atom stereocenters. The summed E-state index contributed by atoms with van der Waals surface area (Å²) < 4.78 is 5.11. The Hall–Kier alpha value is -1.30. The molecule has 104 valence electrons. The van der Waals surface area contributed by atoms with Crippen molar-refractivity contribution >= 4 is 12.1 Å². The molecule has 0 aromatic heterocycles. The first-order valence-corrected chi connectivity index (χ1v) is 6.20. The van der Waals surface area contributed by atoms with Crippen molar-refractivity contribution in [2.75, 3.05) is 19.6 Å². The van der Waals surface area contributed by atoms with Gasteiger partial charge < -0.3 is 20.5 Å². The monoisotopic (exact) mass is 258 g/mol. The Bertz CT molecular complexity index is 312. The number of nitrogens with one attached hydrogen (secondary N) is 2. The number of carbonyl (C=O) groups is 2. The molecule has 3 N–H and O–H groups in total. The zero-order valence-corrected chi connectivity index (χ0v) is 11.2. The van der Waals surface area contributed by atoms with Crippen molar-refractivity contribution in [3.63, 3.8) is 0 Å². The molecular weight excluding hydrogens is 236 g/mol. The Morgan fingerprint density at radius 3 is 2.67 bits per heavy atom. The highest BCUT2D eigenvalue weighted by molar-refractivity contribution is 5.71. The molecular formula is C12H22N2O4. The number of ether oxygens (including phenoxy) is 1. The third-order valence-electron chi connectivity index (χ3n) is 2.83. The number of hydrogen-bond acceptors (Lipinski definition) is 4. The van der Waals surface area contributed by atoms with Gasteiger partial charge in [0.2, 0.25) is 0 Å². The Morgan fingerprint density at radius 2 is 2.11 bits per heavy atom. The Balaban J connectivity index is 2.41. The Kier molecular flexibility index (Phi) is 4.95. The zero-order chi connectivity index (χ0) is 13.8. The predicted molar refractivity (Wildman–Crippen MR) is 66.3 cm³/mol. The van der Waals surface area contributed by atoms with E-state index in [1.165, 1.54) is 0 Å². The van der Waals surface area contributed by atoms with Crippen LogP contribution in [0.15, 0.2) is 0 Å². The van der Waals surface area contributed by atoms with Gasteiger partial charge in [-0.3, -0.25) is 4.79 Å². The summed E-state index contributed by atoms with van der Waals surface area (Å²) in [5.41, 5.74) is -0.541. The molecule has 0 radical (unpaired) electrons. The number of amides is 1. The molecule has 6 heteroatoms. The van der Waals surface area contributed by atoms with E-state index in [9.17, 15) is 9.59 Å². The van der Waals surface area contributed by atoms with E-state index >= 15 is 0 Å². The van der Waals surface area contributed by atoms with Gasteiger partial charge >= 0.3 is 12.1 Å².